The van der Waals surface area contributed by atoms with E-state index in [-0.39, 0.29) is 19.0 Å². The molecule has 0 bridgehead atoms. The summed E-state index contributed by atoms with van der Waals surface area (Å²) in [4.78, 5) is 38.6. The second kappa shape index (κ2) is 10.2. The van der Waals surface area contributed by atoms with Crippen molar-refractivity contribution in [1.82, 2.24) is 9.99 Å². The molecule has 0 radical (unpaired) electrons. The number of aryl methyl sites for hydroxylation is 1. The predicted octanol–water partition coefficient (Wildman–Crippen LogP) is 4.73. The van der Waals surface area contributed by atoms with Gasteiger partial charge in [0.2, 0.25) is 6.79 Å². The average molecular weight is 584 g/mol. The monoisotopic (exact) mass is 582 g/mol. The lowest BCUT2D eigenvalue weighted by molar-refractivity contribution is -0.136. The molecule has 0 spiro atoms. The normalized spacial score (nSPS) is 11.9. The van der Waals surface area contributed by atoms with Gasteiger partial charge in [0, 0.05) is 27.1 Å². The Kier molecular flexibility index (Phi) is 6.77. The third-order valence-electron chi connectivity index (χ3n) is 5.72. The van der Waals surface area contributed by atoms with Crippen LogP contribution in [0.15, 0.2) is 65.1 Å². The summed E-state index contributed by atoms with van der Waals surface area (Å²) in [6, 6.07) is 17.2. The van der Waals surface area contributed by atoms with Crippen molar-refractivity contribution in [3.8, 4) is 11.5 Å². The molecule has 1 aromatic heterocycles. The molecule has 3 aromatic carbocycles. The Morgan fingerprint density at radius 1 is 0.973 bits per heavy atom. The number of nitrogens with one attached hydrogen (secondary N) is 3. The number of carbonyl (C=O) groups excluding carboxylic acids is 3. The van der Waals surface area contributed by atoms with Gasteiger partial charge in [-0.1, -0.05) is 33.6 Å². The van der Waals surface area contributed by atoms with Crippen LogP contribution in [0.3, 0.4) is 0 Å². The molecule has 1 aliphatic heterocycles. The number of hydrogen-bond acceptors (Lipinski definition) is 5. The smallest absolute Gasteiger partial charge is 0.328 e. The molecule has 9 nitrogen and oxygen atoms in total. The van der Waals surface area contributed by atoms with E-state index in [9.17, 15) is 14.4 Å². The highest BCUT2D eigenvalue weighted by Gasteiger charge is 2.22. The molecule has 2 heterocycles. The number of nitrogens with zero attached hydrogens (tertiary/aromatic N) is 1. The number of benzene rings is 3. The Hall–Kier alpha value is -4.02. The average Bonchev–Trinajstić information content (AvgIpc) is 3.48. The van der Waals surface area contributed by atoms with E-state index in [0.29, 0.717) is 33.1 Å². The standard InChI is InChI=1S/C26H20BrClN4O5/c1-14-8-18(4-5-19(14)27)30-24(33)21-11-16-10-17(28)3-6-20(16)32(21)31-26(35)25(34)29-12-15-2-7-22-23(9-15)37-13-36-22/h2-11H,12-13H2,1H3,(H,29,34)(H,30,33)(H,31,35). The van der Waals surface area contributed by atoms with Gasteiger partial charge < -0.3 is 20.1 Å². The van der Waals surface area contributed by atoms with E-state index >= 15 is 0 Å². The molecule has 0 aliphatic carbocycles. The van der Waals surface area contributed by atoms with Gasteiger partial charge in [-0.05, 0) is 72.6 Å². The Balaban J connectivity index is 1.35. The molecule has 1 aliphatic rings. The highest BCUT2D eigenvalue weighted by atomic mass is 79.9. The van der Waals surface area contributed by atoms with Gasteiger partial charge in [0.1, 0.15) is 5.69 Å². The summed E-state index contributed by atoms with van der Waals surface area (Å²) in [5.74, 6) is -1.10. The second-order valence-electron chi connectivity index (χ2n) is 8.30. The summed E-state index contributed by atoms with van der Waals surface area (Å²) in [5.41, 5.74) is 5.40. The molecular formula is C26H20BrClN4O5. The summed E-state index contributed by atoms with van der Waals surface area (Å²) in [7, 11) is 0. The molecule has 11 heteroatoms. The van der Waals surface area contributed by atoms with E-state index in [4.69, 9.17) is 21.1 Å². The van der Waals surface area contributed by atoms with Crippen LogP contribution in [0.4, 0.5) is 5.69 Å². The number of halogens is 2. The van der Waals surface area contributed by atoms with Crippen LogP contribution in [0.5, 0.6) is 11.5 Å². The van der Waals surface area contributed by atoms with Crippen molar-refractivity contribution < 1.29 is 23.9 Å². The Morgan fingerprint density at radius 3 is 2.59 bits per heavy atom. The van der Waals surface area contributed by atoms with Crippen molar-refractivity contribution in [3.05, 3.63) is 87.0 Å². The first-order valence-corrected chi connectivity index (χ1v) is 12.3. The SMILES string of the molecule is Cc1cc(NC(=O)c2cc3cc(Cl)ccc3n2NC(=O)C(=O)NCc2ccc3c(c2)OCO3)ccc1Br. The molecule has 0 fully saturated rings. The molecule has 37 heavy (non-hydrogen) atoms. The van der Waals surface area contributed by atoms with E-state index in [1.165, 1.54) is 4.68 Å². The summed E-state index contributed by atoms with van der Waals surface area (Å²) >= 11 is 9.57. The van der Waals surface area contributed by atoms with Crippen molar-refractivity contribution in [2.24, 2.45) is 0 Å². The van der Waals surface area contributed by atoms with Crippen molar-refractivity contribution in [3.63, 3.8) is 0 Å². The van der Waals surface area contributed by atoms with E-state index in [0.717, 1.165) is 15.6 Å². The summed E-state index contributed by atoms with van der Waals surface area (Å²) in [6.07, 6.45) is 0. The first-order chi connectivity index (χ1) is 17.8. The Morgan fingerprint density at radius 2 is 1.78 bits per heavy atom. The van der Waals surface area contributed by atoms with Crippen LogP contribution in [0.25, 0.3) is 10.9 Å². The number of aromatic nitrogens is 1. The zero-order valence-corrected chi connectivity index (χ0v) is 21.8. The van der Waals surface area contributed by atoms with Crippen molar-refractivity contribution in [2.75, 3.05) is 17.5 Å². The van der Waals surface area contributed by atoms with Crippen LogP contribution in [0.2, 0.25) is 5.02 Å². The minimum absolute atomic E-state index is 0.0984. The second-order valence-corrected chi connectivity index (χ2v) is 9.59. The topological polar surface area (TPSA) is 111 Å². The molecule has 3 amide bonds. The molecule has 188 valence electrons. The number of hydrogen-bond donors (Lipinski definition) is 3. The zero-order valence-electron chi connectivity index (χ0n) is 19.4. The third kappa shape index (κ3) is 5.25. The van der Waals surface area contributed by atoms with Gasteiger partial charge in [0.05, 0.1) is 5.52 Å². The Labute approximate surface area is 224 Å². The maximum Gasteiger partial charge on any atom is 0.328 e. The Bertz CT molecular complexity index is 1570. The van der Waals surface area contributed by atoms with Crippen molar-refractivity contribution in [2.45, 2.75) is 13.5 Å². The van der Waals surface area contributed by atoms with E-state index in [1.807, 2.05) is 19.1 Å². The molecule has 4 aromatic rings. The van der Waals surface area contributed by atoms with Crippen LogP contribution in [-0.2, 0) is 16.1 Å². The minimum Gasteiger partial charge on any atom is -0.454 e. The first-order valence-electron chi connectivity index (χ1n) is 11.1. The first kappa shape index (κ1) is 24.7. The van der Waals surface area contributed by atoms with E-state index < -0.39 is 17.7 Å². The fourth-order valence-electron chi connectivity index (χ4n) is 3.86. The van der Waals surface area contributed by atoms with E-state index in [2.05, 4.69) is 32.0 Å². The van der Waals surface area contributed by atoms with Gasteiger partial charge in [0.25, 0.3) is 5.91 Å². The predicted molar refractivity (Wildman–Crippen MR) is 143 cm³/mol. The summed E-state index contributed by atoms with van der Waals surface area (Å²) in [6.45, 7) is 2.14. The van der Waals surface area contributed by atoms with Crippen LogP contribution in [-0.4, -0.2) is 29.2 Å². The molecule has 0 unspecified atom stereocenters. The number of fused-ring (bicyclic) bond motifs is 2. The van der Waals surface area contributed by atoms with Crippen LogP contribution < -0.4 is 25.5 Å². The number of ether oxygens (including phenoxy) is 2. The van der Waals surface area contributed by atoms with Crippen LogP contribution in [0, 0.1) is 6.92 Å². The lowest BCUT2D eigenvalue weighted by Gasteiger charge is -2.13. The maximum absolute atomic E-state index is 13.2. The molecule has 0 saturated heterocycles. The van der Waals surface area contributed by atoms with Gasteiger partial charge >= 0.3 is 11.8 Å². The fourth-order valence-corrected chi connectivity index (χ4v) is 4.28. The fraction of sp³-hybridized carbons (Fsp3) is 0.115. The highest BCUT2D eigenvalue weighted by Crippen LogP contribution is 2.32. The molecular weight excluding hydrogens is 564 g/mol. The van der Waals surface area contributed by atoms with Gasteiger partial charge in [-0.3, -0.25) is 19.8 Å². The number of anilines is 1. The lowest BCUT2D eigenvalue weighted by Crippen LogP contribution is -2.39. The molecule has 3 N–H and O–H groups in total. The number of rotatable bonds is 5. The van der Waals surface area contributed by atoms with Crippen LogP contribution in [0.1, 0.15) is 21.6 Å². The lowest BCUT2D eigenvalue weighted by atomic mass is 10.2. The molecule has 0 saturated carbocycles. The van der Waals surface area contributed by atoms with Gasteiger partial charge in [-0.25, -0.2) is 4.68 Å². The van der Waals surface area contributed by atoms with E-state index in [1.54, 1.807) is 48.5 Å². The summed E-state index contributed by atoms with van der Waals surface area (Å²) in [5, 5.41) is 6.48. The van der Waals surface area contributed by atoms with Crippen LogP contribution >= 0.6 is 27.5 Å². The molecule has 0 atom stereocenters. The number of carbonyl (C=O) groups is 3. The quantitative estimate of drug-likeness (QED) is 0.294. The van der Waals surface area contributed by atoms with Gasteiger partial charge in [0.15, 0.2) is 11.5 Å². The van der Waals surface area contributed by atoms with Gasteiger partial charge in [-0.2, -0.15) is 0 Å². The van der Waals surface area contributed by atoms with Crippen molar-refractivity contribution in [1.29, 1.82) is 0 Å². The maximum atomic E-state index is 13.2. The highest BCUT2D eigenvalue weighted by molar-refractivity contribution is 9.10. The van der Waals surface area contributed by atoms with Crippen molar-refractivity contribution >= 4 is 61.8 Å². The number of amides is 3. The zero-order chi connectivity index (χ0) is 26.1. The third-order valence-corrected chi connectivity index (χ3v) is 6.85. The van der Waals surface area contributed by atoms with Gasteiger partial charge in [-0.15, -0.1) is 0 Å². The minimum atomic E-state index is -0.943. The summed E-state index contributed by atoms with van der Waals surface area (Å²) < 4.78 is 12.8. The largest absolute Gasteiger partial charge is 0.454 e. The molecule has 5 rings (SSSR count).